The Balaban J connectivity index is 1.05. The SMILES string of the molecule is Cc1ccc(N(c2cccc(C(C)(C)C)c2)c2ccc3cc4c(cc3c2)oc2cc3cc(N(c5cccc(C(C)(C)C)c5)c5ccc(C)cc5-c5ccccc5)ccc3cc24)c(-c2ccccc2)c1. The minimum atomic E-state index is -0.00963. The van der Waals surface area contributed by atoms with Crippen LogP contribution in [-0.2, 0) is 10.8 Å². The highest BCUT2D eigenvalue weighted by Crippen LogP contribution is 2.46. The maximum absolute atomic E-state index is 6.87. The Bertz CT molecular complexity index is 3470. The van der Waals surface area contributed by atoms with Gasteiger partial charge in [-0.2, -0.15) is 0 Å². The molecule has 0 aliphatic rings. The Kier molecular flexibility index (Phi) is 10.8. The lowest BCUT2D eigenvalue weighted by Gasteiger charge is -2.30. The highest BCUT2D eigenvalue weighted by Gasteiger charge is 2.24. The van der Waals surface area contributed by atoms with Crippen LogP contribution in [0.25, 0.3) is 65.7 Å². The second kappa shape index (κ2) is 17.0. The summed E-state index contributed by atoms with van der Waals surface area (Å²) in [5, 5.41) is 6.81. The number of fused-ring (bicyclic) bond motifs is 5. The van der Waals surface area contributed by atoms with Crippen molar-refractivity contribution in [1.82, 2.24) is 0 Å². The number of aryl methyl sites for hydroxylation is 2. The van der Waals surface area contributed by atoms with Crippen molar-refractivity contribution in [3.05, 3.63) is 229 Å². The molecule has 3 heteroatoms. The molecule has 0 amide bonds. The molecule has 11 aromatic rings. The molecule has 338 valence electrons. The van der Waals surface area contributed by atoms with Crippen molar-refractivity contribution in [3.8, 4) is 22.3 Å². The van der Waals surface area contributed by atoms with Gasteiger partial charge in [0.1, 0.15) is 11.2 Å². The van der Waals surface area contributed by atoms with Crippen LogP contribution in [0.1, 0.15) is 63.8 Å². The zero-order valence-corrected chi connectivity index (χ0v) is 40.9. The van der Waals surface area contributed by atoms with Gasteiger partial charge in [0.2, 0.25) is 0 Å². The minimum Gasteiger partial charge on any atom is -0.456 e. The van der Waals surface area contributed by atoms with E-state index in [0.717, 1.165) is 66.8 Å². The van der Waals surface area contributed by atoms with E-state index in [1.807, 2.05) is 0 Å². The van der Waals surface area contributed by atoms with Crippen LogP contribution in [0.4, 0.5) is 34.1 Å². The lowest BCUT2D eigenvalue weighted by atomic mass is 9.86. The van der Waals surface area contributed by atoms with Crippen molar-refractivity contribution < 1.29 is 4.42 Å². The number of hydrogen-bond donors (Lipinski definition) is 0. The number of nitrogens with zero attached hydrogens (tertiary/aromatic N) is 2. The first-order valence-electron chi connectivity index (χ1n) is 24.2. The highest BCUT2D eigenvalue weighted by atomic mass is 16.3. The van der Waals surface area contributed by atoms with Crippen molar-refractivity contribution in [2.24, 2.45) is 0 Å². The first kappa shape index (κ1) is 43.7. The summed E-state index contributed by atoms with van der Waals surface area (Å²) in [7, 11) is 0. The Morgan fingerprint density at radius 2 is 0.739 bits per heavy atom. The standard InChI is InChI=1S/C66H58N2O/c1-43-25-31-61(57(33-43)45-17-11-9-12-18-45)67(53-23-15-21-51(41-53)65(3,4)5)55-29-27-47-37-59-60-38-48-28-30-56(36-50(48)40-64(60)69-63(59)39-49(47)35-55)68(54-24-16-22-52(42-54)66(6,7)8)62-32-26-44(2)34-58(62)46-19-13-10-14-20-46/h9-42H,1-8H3. The zero-order valence-electron chi connectivity index (χ0n) is 40.9. The second-order valence-corrected chi connectivity index (χ2v) is 20.9. The molecule has 0 saturated carbocycles. The molecular weight excluding hydrogens is 837 g/mol. The molecule has 0 saturated heterocycles. The van der Waals surface area contributed by atoms with Gasteiger partial charge in [0, 0.05) is 44.6 Å². The van der Waals surface area contributed by atoms with Gasteiger partial charge >= 0.3 is 0 Å². The smallest absolute Gasteiger partial charge is 0.136 e. The second-order valence-electron chi connectivity index (χ2n) is 20.9. The molecule has 0 bridgehead atoms. The summed E-state index contributed by atoms with van der Waals surface area (Å²) >= 11 is 0. The summed E-state index contributed by atoms with van der Waals surface area (Å²) in [5.74, 6) is 0. The van der Waals surface area contributed by atoms with E-state index in [4.69, 9.17) is 4.42 Å². The van der Waals surface area contributed by atoms with E-state index < -0.39 is 0 Å². The Hall–Kier alpha value is -7.88. The van der Waals surface area contributed by atoms with Crippen LogP contribution in [0.5, 0.6) is 0 Å². The summed E-state index contributed by atoms with van der Waals surface area (Å²) in [6, 6.07) is 75.9. The average molecular weight is 895 g/mol. The highest BCUT2D eigenvalue weighted by molar-refractivity contribution is 6.14. The van der Waals surface area contributed by atoms with Gasteiger partial charge < -0.3 is 14.2 Å². The first-order chi connectivity index (χ1) is 33.2. The van der Waals surface area contributed by atoms with Crippen LogP contribution in [0.15, 0.2) is 211 Å². The predicted octanol–water partition coefficient (Wildman–Crippen LogP) is 19.4. The third-order valence-corrected chi connectivity index (χ3v) is 13.8. The van der Waals surface area contributed by atoms with Crippen molar-refractivity contribution in [2.45, 2.75) is 66.2 Å². The fourth-order valence-corrected chi connectivity index (χ4v) is 9.98. The van der Waals surface area contributed by atoms with E-state index in [-0.39, 0.29) is 10.8 Å². The normalized spacial score (nSPS) is 12.1. The largest absolute Gasteiger partial charge is 0.456 e. The maximum Gasteiger partial charge on any atom is 0.136 e. The average Bonchev–Trinajstić information content (AvgIpc) is 3.69. The van der Waals surface area contributed by atoms with Gasteiger partial charge in [-0.25, -0.2) is 0 Å². The molecule has 3 nitrogen and oxygen atoms in total. The molecular formula is C66H58N2O. The zero-order chi connectivity index (χ0) is 47.6. The number of furan rings is 1. The molecule has 0 N–H and O–H groups in total. The summed E-state index contributed by atoms with van der Waals surface area (Å²) in [6.07, 6.45) is 0. The fourth-order valence-electron chi connectivity index (χ4n) is 9.98. The van der Waals surface area contributed by atoms with Crippen LogP contribution < -0.4 is 9.80 Å². The summed E-state index contributed by atoms with van der Waals surface area (Å²) in [4.78, 5) is 4.84. The van der Waals surface area contributed by atoms with E-state index in [2.05, 4.69) is 271 Å². The van der Waals surface area contributed by atoms with E-state index in [1.165, 1.54) is 55.3 Å². The molecule has 11 rings (SSSR count). The lowest BCUT2D eigenvalue weighted by Crippen LogP contribution is -2.15. The van der Waals surface area contributed by atoms with E-state index in [0.29, 0.717) is 0 Å². The van der Waals surface area contributed by atoms with Gasteiger partial charge in [0.15, 0.2) is 0 Å². The van der Waals surface area contributed by atoms with Crippen molar-refractivity contribution in [2.75, 3.05) is 9.80 Å². The summed E-state index contributed by atoms with van der Waals surface area (Å²) < 4.78 is 6.87. The molecule has 1 heterocycles. The van der Waals surface area contributed by atoms with Crippen LogP contribution in [-0.4, -0.2) is 0 Å². The third kappa shape index (κ3) is 8.33. The molecule has 0 atom stereocenters. The number of anilines is 6. The van der Waals surface area contributed by atoms with Crippen LogP contribution >= 0.6 is 0 Å². The Labute approximate surface area is 406 Å². The van der Waals surface area contributed by atoms with E-state index in [9.17, 15) is 0 Å². The minimum absolute atomic E-state index is 0.00963. The lowest BCUT2D eigenvalue weighted by molar-refractivity contribution is 0.590. The number of rotatable bonds is 8. The van der Waals surface area contributed by atoms with Crippen LogP contribution in [0, 0.1) is 13.8 Å². The fraction of sp³-hybridized carbons (Fsp3) is 0.152. The van der Waals surface area contributed by atoms with Crippen molar-refractivity contribution >= 4 is 77.6 Å². The van der Waals surface area contributed by atoms with Crippen LogP contribution in [0.3, 0.4) is 0 Å². The summed E-state index contributed by atoms with van der Waals surface area (Å²) in [6.45, 7) is 18.0. The molecule has 69 heavy (non-hydrogen) atoms. The topological polar surface area (TPSA) is 19.6 Å². The number of hydrogen-bond acceptors (Lipinski definition) is 3. The van der Waals surface area contributed by atoms with E-state index >= 15 is 0 Å². The molecule has 10 aromatic carbocycles. The van der Waals surface area contributed by atoms with Gasteiger partial charge in [-0.3, -0.25) is 0 Å². The van der Waals surface area contributed by atoms with Gasteiger partial charge in [0.05, 0.1) is 11.4 Å². The molecule has 0 fully saturated rings. The first-order valence-corrected chi connectivity index (χ1v) is 24.2. The van der Waals surface area contributed by atoms with Crippen LogP contribution in [0.2, 0.25) is 0 Å². The van der Waals surface area contributed by atoms with Crippen molar-refractivity contribution in [3.63, 3.8) is 0 Å². The molecule has 0 aliphatic carbocycles. The molecule has 1 aromatic heterocycles. The molecule has 0 aliphatic heterocycles. The van der Waals surface area contributed by atoms with Gasteiger partial charge in [-0.15, -0.1) is 0 Å². The molecule has 0 unspecified atom stereocenters. The van der Waals surface area contributed by atoms with Crippen molar-refractivity contribution in [1.29, 1.82) is 0 Å². The molecule has 0 spiro atoms. The number of benzene rings is 10. The molecule has 0 radical (unpaired) electrons. The van der Waals surface area contributed by atoms with E-state index in [1.54, 1.807) is 0 Å². The monoisotopic (exact) mass is 894 g/mol. The Morgan fingerprint density at radius 1 is 0.333 bits per heavy atom. The Morgan fingerprint density at radius 3 is 1.14 bits per heavy atom. The van der Waals surface area contributed by atoms with Gasteiger partial charge in [-0.1, -0.05) is 162 Å². The quantitative estimate of drug-likeness (QED) is 0.152. The summed E-state index contributed by atoms with van der Waals surface area (Å²) in [5.41, 5.74) is 18.2. The van der Waals surface area contributed by atoms with Gasteiger partial charge in [0.25, 0.3) is 0 Å². The van der Waals surface area contributed by atoms with Gasteiger partial charge in [-0.05, 0) is 166 Å². The maximum atomic E-state index is 6.87. The third-order valence-electron chi connectivity index (χ3n) is 13.8. The predicted molar refractivity (Wildman–Crippen MR) is 296 cm³/mol.